The van der Waals surface area contributed by atoms with Crippen molar-refractivity contribution in [3.63, 3.8) is 0 Å². The second-order valence-electron chi connectivity index (χ2n) is 5.39. The maximum Gasteiger partial charge on any atom is 0.324 e. The number of aryl methyl sites for hydroxylation is 1. The molecule has 0 saturated heterocycles. The number of amides is 2. The lowest BCUT2D eigenvalue weighted by Crippen LogP contribution is -2.19. The Hall–Kier alpha value is -2.65. The molecule has 1 aliphatic carbocycles. The number of hydrogen-bond acceptors (Lipinski definition) is 4. The Labute approximate surface area is 137 Å². The molecule has 2 amide bonds. The van der Waals surface area contributed by atoms with Crippen molar-refractivity contribution >= 4 is 33.8 Å². The minimum absolute atomic E-state index is 0.0597. The molecule has 3 rings (SSSR count). The zero-order valence-electron chi connectivity index (χ0n) is 12.6. The number of Topliss-reactive ketones (excluding diaryl/α,β-unsaturated/α-hetero) is 1. The first-order valence-corrected chi connectivity index (χ1v) is 8.14. The van der Waals surface area contributed by atoms with Crippen molar-refractivity contribution in [2.45, 2.75) is 26.2 Å². The fourth-order valence-corrected chi connectivity index (χ4v) is 3.93. The molecule has 1 aromatic heterocycles. The Morgan fingerprint density at radius 3 is 2.83 bits per heavy atom. The summed E-state index contributed by atoms with van der Waals surface area (Å²) in [7, 11) is 0. The number of rotatable bonds is 3. The average Bonchev–Trinajstić information content (AvgIpc) is 3.07. The molecule has 0 fully saturated rings. The quantitative estimate of drug-likeness (QED) is 0.838. The third-order valence-electron chi connectivity index (χ3n) is 3.79. The SMILES string of the molecule is CC(=O)c1cccc(NC(=O)Nc2sc3c(c2C#N)CCC3)c1. The normalized spacial score (nSPS) is 12.3. The topological polar surface area (TPSA) is 82.0 Å². The number of nitriles is 1. The molecule has 0 saturated carbocycles. The summed E-state index contributed by atoms with van der Waals surface area (Å²) in [4.78, 5) is 24.7. The van der Waals surface area contributed by atoms with E-state index in [-0.39, 0.29) is 5.78 Å². The van der Waals surface area contributed by atoms with E-state index in [1.54, 1.807) is 24.3 Å². The molecule has 1 aromatic carbocycles. The highest BCUT2D eigenvalue weighted by Crippen LogP contribution is 2.38. The van der Waals surface area contributed by atoms with E-state index in [4.69, 9.17) is 0 Å². The van der Waals surface area contributed by atoms with Gasteiger partial charge in [0, 0.05) is 16.1 Å². The molecule has 0 spiro atoms. The number of ketones is 1. The lowest BCUT2D eigenvalue weighted by molar-refractivity contribution is 0.101. The first-order chi connectivity index (χ1) is 11.1. The van der Waals surface area contributed by atoms with E-state index in [0.717, 1.165) is 24.8 Å². The molecule has 116 valence electrons. The van der Waals surface area contributed by atoms with Crippen LogP contribution in [0.3, 0.4) is 0 Å². The van der Waals surface area contributed by atoms with Gasteiger partial charge in [0.1, 0.15) is 11.1 Å². The summed E-state index contributed by atoms with van der Waals surface area (Å²) in [6, 6.07) is 8.53. The van der Waals surface area contributed by atoms with E-state index in [1.807, 2.05) is 0 Å². The number of benzene rings is 1. The maximum atomic E-state index is 12.1. The number of fused-ring (bicyclic) bond motifs is 1. The van der Waals surface area contributed by atoms with Crippen LogP contribution in [-0.4, -0.2) is 11.8 Å². The van der Waals surface area contributed by atoms with Gasteiger partial charge in [-0.25, -0.2) is 4.79 Å². The second kappa shape index (κ2) is 6.23. The van der Waals surface area contributed by atoms with Crippen LogP contribution < -0.4 is 10.6 Å². The first-order valence-electron chi connectivity index (χ1n) is 7.32. The van der Waals surface area contributed by atoms with Gasteiger partial charge < -0.3 is 5.32 Å². The Bertz CT molecular complexity index is 833. The number of thiophene rings is 1. The molecule has 0 bridgehead atoms. The van der Waals surface area contributed by atoms with Crippen LogP contribution in [-0.2, 0) is 12.8 Å². The number of urea groups is 1. The first kappa shape index (κ1) is 15.3. The zero-order valence-corrected chi connectivity index (χ0v) is 13.4. The van der Waals surface area contributed by atoms with Gasteiger partial charge in [-0.1, -0.05) is 12.1 Å². The number of carbonyl (C=O) groups is 2. The summed E-state index contributed by atoms with van der Waals surface area (Å²) in [5.41, 5.74) is 2.73. The van der Waals surface area contributed by atoms with Gasteiger partial charge in [0.05, 0.1) is 5.56 Å². The predicted molar refractivity (Wildman–Crippen MR) is 90.1 cm³/mol. The van der Waals surface area contributed by atoms with Gasteiger partial charge in [-0.2, -0.15) is 5.26 Å². The fraction of sp³-hybridized carbons (Fsp3) is 0.235. The molecule has 1 heterocycles. The minimum atomic E-state index is -0.415. The van der Waals surface area contributed by atoms with Crippen LogP contribution in [0.1, 0.15) is 39.7 Å². The summed E-state index contributed by atoms with van der Waals surface area (Å²) in [5, 5.41) is 15.4. The highest BCUT2D eigenvalue weighted by molar-refractivity contribution is 7.16. The molecule has 1 aliphatic rings. The van der Waals surface area contributed by atoms with E-state index < -0.39 is 6.03 Å². The second-order valence-corrected chi connectivity index (χ2v) is 6.49. The summed E-state index contributed by atoms with van der Waals surface area (Å²) in [6.45, 7) is 1.48. The third kappa shape index (κ3) is 3.10. The Morgan fingerprint density at radius 2 is 2.09 bits per heavy atom. The van der Waals surface area contributed by atoms with Gasteiger partial charge in [-0.3, -0.25) is 10.1 Å². The van der Waals surface area contributed by atoms with Crippen molar-refractivity contribution in [2.24, 2.45) is 0 Å². The summed E-state index contributed by atoms with van der Waals surface area (Å²) < 4.78 is 0. The van der Waals surface area contributed by atoms with Gasteiger partial charge in [0.2, 0.25) is 0 Å². The minimum Gasteiger partial charge on any atom is -0.308 e. The van der Waals surface area contributed by atoms with Crippen LogP contribution in [0.2, 0.25) is 0 Å². The molecule has 2 N–H and O–H groups in total. The van der Waals surface area contributed by atoms with Crippen molar-refractivity contribution in [1.29, 1.82) is 5.26 Å². The number of nitrogens with one attached hydrogen (secondary N) is 2. The summed E-state index contributed by atoms with van der Waals surface area (Å²) in [6.07, 6.45) is 2.94. The molecule has 0 radical (unpaired) electrons. The number of anilines is 2. The average molecular weight is 325 g/mol. The van der Waals surface area contributed by atoms with E-state index in [1.165, 1.54) is 23.1 Å². The smallest absolute Gasteiger partial charge is 0.308 e. The molecule has 5 nitrogen and oxygen atoms in total. The molecule has 0 aliphatic heterocycles. The van der Waals surface area contributed by atoms with Crippen LogP contribution >= 0.6 is 11.3 Å². The Balaban J connectivity index is 1.75. The molecule has 0 unspecified atom stereocenters. The van der Waals surface area contributed by atoms with E-state index in [0.29, 0.717) is 21.8 Å². The van der Waals surface area contributed by atoms with E-state index >= 15 is 0 Å². The summed E-state index contributed by atoms with van der Waals surface area (Å²) >= 11 is 1.47. The molecule has 2 aromatic rings. The van der Waals surface area contributed by atoms with Crippen LogP contribution in [0.15, 0.2) is 24.3 Å². The van der Waals surface area contributed by atoms with Gasteiger partial charge in [-0.15, -0.1) is 11.3 Å². The molecule has 0 atom stereocenters. The maximum absolute atomic E-state index is 12.1. The molecular formula is C17H15N3O2S. The molecule has 6 heteroatoms. The third-order valence-corrected chi connectivity index (χ3v) is 4.99. The van der Waals surface area contributed by atoms with Gasteiger partial charge in [-0.05, 0) is 43.9 Å². The Kier molecular flexibility index (Phi) is 4.13. The largest absolute Gasteiger partial charge is 0.324 e. The highest BCUT2D eigenvalue weighted by Gasteiger charge is 2.23. The number of nitrogens with zero attached hydrogens (tertiary/aromatic N) is 1. The molecule has 23 heavy (non-hydrogen) atoms. The van der Waals surface area contributed by atoms with Crippen LogP contribution in [0, 0.1) is 11.3 Å². The standard InChI is InChI=1S/C17H15N3O2S/c1-10(21)11-4-2-5-12(8-11)19-17(22)20-16-14(9-18)13-6-3-7-15(13)23-16/h2,4-5,8H,3,6-7H2,1H3,(H2,19,20,22). The fourth-order valence-electron chi connectivity index (χ4n) is 2.69. The highest BCUT2D eigenvalue weighted by atomic mass is 32.1. The van der Waals surface area contributed by atoms with Crippen molar-refractivity contribution in [3.05, 3.63) is 45.8 Å². The lowest BCUT2D eigenvalue weighted by Gasteiger charge is -2.07. The predicted octanol–water partition coefficient (Wildman–Crippen LogP) is 3.96. The Morgan fingerprint density at radius 1 is 1.26 bits per heavy atom. The molecular weight excluding hydrogens is 310 g/mol. The van der Waals surface area contributed by atoms with Crippen molar-refractivity contribution in [3.8, 4) is 6.07 Å². The van der Waals surface area contributed by atoms with Crippen molar-refractivity contribution in [1.82, 2.24) is 0 Å². The van der Waals surface area contributed by atoms with Gasteiger partial charge >= 0.3 is 6.03 Å². The van der Waals surface area contributed by atoms with Gasteiger partial charge in [0.25, 0.3) is 0 Å². The van der Waals surface area contributed by atoms with Gasteiger partial charge in [0.15, 0.2) is 5.78 Å². The number of carbonyl (C=O) groups excluding carboxylic acids is 2. The zero-order chi connectivity index (χ0) is 16.4. The number of hydrogen-bond donors (Lipinski definition) is 2. The van der Waals surface area contributed by atoms with E-state index in [2.05, 4.69) is 16.7 Å². The monoisotopic (exact) mass is 325 g/mol. The van der Waals surface area contributed by atoms with Crippen LogP contribution in [0.5, 0.6) is 0 Å². The van der Waals surface area contributed by atoms with Crippen LogP contribution in [0.25, 0.3) is 0 Å². The van der Waals surface area contributed by atoms with E-state index in [9.17, 15) is 14.9 Å². The summed E-state index contributed by atoms with van der Waals surface area (Å²) in [5.74, 6) is -0.0597. The van der Waals surface area contributed by atoms with Crippen LogP contribution in [0.4, 0.5) is 15.5 Å². The lowest BCUT2D eigenvalue weighted by atomic mass is 10.1. The van der Waals surface area contributed by atoms with Crippen molar-refractivity contribution in [2.75, 3.05) is 10.6 Å². The van der Waals surface area contributed by atoms with Crippen molar-refractivity contribution < 1.29 is 9.59 Å².